The van der Waals surface area contributed by atoms with Crippen LogP contribution in [0.25, 0.3) is 0 Å². The van der Waals surface area contributed by atoms with Crippen molar-refractivity contribution in [1.29, 1.82) is 0 Å². The average molecular weight is 225 g/mol. The van der Waals surface area contributed by atoms with Gasteiger partial charge in [0.15, 0.2) is 0 Å². The van der Waals surface area contributed by atoms with E-state index in [4.69, 9.17) is 12.3 Å². The molecule has 0 bridgehead atoms. The summed E-state index contributed by atoms with van der Waals surface area (Å²) in [4.78, 5) is 0. The lowest BCUT2D eigenvalue weighted by atomic mass is 10.1. The fourth-order valence-electron chi connectivity index (χ4n) is 0.937. The Morgan fingerprint density at radius 2 is 2.17 bits per heavy atom. The minimum Gasteiger partial charge on any atom is -0.270 e. The SMILES string of the molecule is C#CC(NN)c1ccccc1Br. The highest BCUT2D eigenvalue weighted by Crippen LogP contribution is 2.21. The maximum absolute atomic E-state index is 5.27. The van der Waals surface area contributed by atoms with Crippen molar-refractivity contribution in [2.45, 2.75) is 6.04 Å². The Morgan fingerprint density at radius 3 is 2.67 bits per heavy atom. The van der Waals surface area contributed by atoms with Gasteiger partial charge < -0.3 is 0 Å². The van der Waals surface area contributed by atoms with Gasteiger partial charge in [-0.15, -0.1) is 6.42 Å². The molecule has 3 N–H and O–H groups in total. The lowest BCUT2D eigenvalue weighted by molar-refractivity contribution is 0.671. The molecule has 1 aromatic carbocycles. The van der Waals surface area contributed by atoms with Gasteiger partial charge in [0, 0.05) is 4.47 Å². The first-order chi connectivity index (χ1) is 5.79. The highest BCUT2D eigenvalue weighted by Gasteiger charge is 2.07. The van der Waals surface area contributed by atoms with Crippen LogP contribution in [0, 0.1) is 12.3 Å². The second kappa shape index (κ2) is 4.27. The van der Waals surface area contributed by atoms with Gasteiger partial charge in [0.25, 0.3) is 0 Å². The average Bonchev–Trinajstić information content (AvgIpc) is 2.10. The molecule has 0 fully saturated rings. The predicted molar refractivity (Wildman–Crippen MR) is 53.0 cm³/mol. The van der Waals surface area contributed by atoms with Gasteiger partial charge in [0.05, 0.1) is 0 Å². The van der Waals surface area contributed by atoms with Crippen molar-refractivity contribution >= 4 is 15.9 Å². The molecule has 0 amide bonds. The molecule has 1 rings (SSSR count). The number of hydrazine groups is 1. The topological polar surface area (TPSA) is 38.0 Å². The molecule has 0 aliphatic heterocycles. The van der Waals surface area contributed by atoms with Gasteiger partial charge in [-0.3, -0.25) is 5.84 Å². The van der Waals surface area contributed by atoms with Crippen molar-refractivity contribution in [3.8, 4) is 12.3 Å². The van der Waals surface area contributed by atoms with E-state index in [-0.39, 0.29) is 6.04 Å². The number of benzene rings is 1. The van der Waals surface area contributed by atoms with Crippen LogP contribution >= 0.6 is 15.9 Å². The minimum atomic E-state index is -0.236. The van der Waals surface area contributed by atoms with Gasteiger partial charge in [-0.25, -0.2) is 5.43 Å². The molecular weight excluding hydrogens is 216 g/mol. The van der Waals surface area contributed by atoms with Crippen molar-refractivity contribution < 1.29 is 0 Å². The number of nitrogens with two attached hydrogens (primary N) is 1. The zero-order chi connectivity index (χ0) is 8.97. The third kappa shape index (κ3) is 1.86. The number of terminal acetylenes is 1. The molecule has 0 aliphatic rings. The fraction of sp³-hybridized carbons (Fsp3) is 0.111. The zero-order valence-electron chi connectivity index (χ0n) is 6.42. The smallest absolute Gasteiger partial charge is 0.108 e. The van der Waals surface area contributed by atoms with Crippen LogP contribution in [-0.2, 0) is 0 Å². The van der Waals surface area contributed by atoms with Gasteiger partial charge in [0.2, 0.25) is 0 Å². The number of nitrogens with one attached hydrogen (secondary N) is 1. The van der Waals surface area contributed by atoms with E-state index in [0.717, 1.165) is 10.0 Å². The summed E-state index contributed by atoms with van der Waals surface area (Å²) >= 11 is 3.39. The van der Waals surface area contributed by atoms with Crippen LogP contribution in [0.3, 0.4) is 0 Å². The Kier molecular flexibility index (Phi) is 3.30. The first-order valence-corrected chi connectivity index (χ1v) is 4.25. The summed E-state index contributed by atoms with van der Waals surface area (Å²) in [5.74, 6) is 7.81. The Bertz CT molecular complexity index is 304. The lowest BCUT2D eigenvalue weighted by Gasteiger charge is -2.10. The number of hydrogen-bond donors (Lipinski definition) is 2. The Hall–Kier alpha value is -0.820. The van der Waals surface area contributed by atoms with Crippen molar-refractivity contribution in [3.63, 3.8) is 0 Å². The quantitative estimate of drug-likeness (QED) is 0.455. The molecule has 0 spiro atoms. The lowest BCUT2D eigenvalue weighted by Crippen LogP contribution is -2.26. The van der Waals surface area contributed by atoms with Crippen LogP contribution in [0.5, 0.6) is 0 Å². The summed E-state index contributed by atoms with van der Waals surface area (Å²) < 4.78 is 0.964. The number of halogens is 1. The Morgan fingerprint density at radius 1 is 1.50 bits per heavy atom. The van der Waals surface area contributed by atoms with E-state index in [9.17, 15) is 0 Å². The molecule has 1 unspecified atom stereocenters. The molecule has 0 saturated carbocycles. The van der Waals surface area contributed by atoms with Crippen LogP contribution in [-0.4, -0.2) is 0 Å². The monoisotopic (exact) mass is 224 g/mol. The second-order valence-electron chi connectivity index (χ2n) is 2.29. The van der Waals surface area contributed by atoms with Crippen LogP contribution in [0.4, 0.5) is 0 Å². The zero-order valence-corrected chi connectivity index (χ0v) is 8.01. The third-order valence-electron chi connectivity index (χ3n) is 1.55. The van der Waals surface area contributed by atoms with Crippen LogP contribution in [0.2, 0.25) is 0 Å². The summed E-state index contributed by atoms with van der Waals surface area (Å²) in [5, 5.41) is 0. The first kappa shape index (κ1) is 9.27. The van der Waals surface area contributed by atoms with Crippen molar-refractivity contribution in [2.75, 3.05) is 0 Å². The predicted octanol–water partition coefficient (Wildman–Crippen LogP) is 1.59. The van der Waals surface area contributed by atoms with E-state index >= 15 is 0 Å². The molecule has 12 heavy (non-hydrogen) atoms. The first-order valence-electron chi connectivity index (χ1n) is 3.46. The third-order valence-corrected chi connectivity index (χ3v) is 2.27. The van der Waals surface area contributed by atoms with Crippen molar-refractivity contribution in [2.24, 2.45) is 5.84 Å². The van der Waals surface area contributed by atoms with E-state index in [1.165, 1.54) is 0 Å². The van der Waals surface area contributed by atoms with Gasteiger partial charge in [-0.2, -0.15) is 0 Å². The molecule has 1 atom stereocenters. The van der Waals surface area contributed by atoms with Crippen LogP contribution < -0.4 is 11.3 Å². The standard InChI is InChI=1S/C9H9BrN2/c1-2-9(12-11)7-5-3-4-6-8(7)10/h1,3-6,9,12H,11H2. The van der Waals surface area contributed by atoms with Crippen LogP contribution in [0.1, 0.15) is 11.6 Å². The molecule has 0 aromatic heterocycles. The molecule has 0 heterocycles. The largest absolute Gasteiger partial charge is 0.270 e. The fourth-order valence-corrected chi connectivity index (χ4v) is 1.45. The highest BCUT2D eigenvalue weighted by molar-refractivity contribution is 9.10. The summed E-state index contributed by atoms with van der Waals surface area (Å²) in [5.41, 5.74) is 3.52. The van der Waals surface area contributed by atoms with E-state index in [1.807, 2.05) is 24.3 Å². The maximum Gasteiger partial charge on any atom is 0.108 e. The normalized spacial score (nSPS) is 12.1. The molecular formula is C9H9BrN2. The van der Waals surface area contributed by atoms with Gasteiger partial charge in [-0.05, 0) is 11.6 Å². The molecule has 0 saturated heterocycles. The van der Waals surface area contributed by atoms with Crippen molar-refractivity contribution in [1.82, 2.24) is 5.43 Å². The van der Waals surface area contributed by atoms with E-state index in [1.54, 1.807) is 0 Å². The Balaban J connectivity index is 3.02. The number of hydrogen-bond acceptors (Lipinski definition) is 2. The van der Waals surface area contributed by atoms with Crippen LogP contribution in [0.15, 0.2) is 28.7 Å². The molecule has 0 aliphatic carbocycles. The van der Waals surface area contributed by atoms with Gasteiger partial charge >= 0.3 is 0 Å². The summed E-state index contributed by atoms with van der Waals surface area (Å²) in [7, 11) is 0. The van der Waals surface area contributed by atoms with E-state index < -0.39 is 0 Å². The van der Waals surface area contributed by atoms with Gasteiger partial charge in [-0.1, -0.05) is 40.0 Å². The van der Waals surface area contributed by atoms with E-state index in [2.05, 4.69) is 27.3 Å². The summed E-state index contributed by atoms with van der Waals surface area (Å²) in [6, 6.07) is 7.46. The van der Waals surface area contributed by atoms with Crippen molar-refractivity contribution in [3.05, 3.63) is 34.3 Å². The summed E-state index contributed by atoms with van der Waals surface area (Å²) in [6.07, 6.45) is 5.27. The highest BCUT2D eigenvalue weighted by atomic mass is 79.9. The number of rotatable bonds is 2. The Labute approximate surface area is 80.3 Å². The van der Waals surface area contributed by atoms with E-state index in [0.29, 0.717) is 0 Å². The minimum absolute atomic E-state index is 0.236. The maximum atomic E-state index is 5.27. The molecule has 1 aromatic rings. The molecule has 62 valence electrons. The van der Waals surface area contributed by atoms with Gasteiger partial charge in [0.1, 0.15) is 6.04 Å². The second-order valence-corrected chi connectivity index (χ2v) is 3.14. The summed E-state index contributed by atoms with van der Waals surface area (Å²) in [6.45, 7) is 0. The molecule has 3 heteroatoms. The molecule has 2 nitrogen and oxygen atoms in total. The molecule has 0 radical (unpaired) electrons.